The second kappa shape index (κ2) is 5.29. The smallest absolute Gasteiger partial charge is 0.127 e. The maximum Gasteiger partial charge on any atom is 0.127 e. The average molecular weight is 285 g/mol. The first-order valence-electron chi connectivity index (χ1n) is 6.85. The van der Waals surface area contributed by atoms with Crippen molar-refractivity contribution in [3.05, 3.63) is 29.6 Å². The van der Waals surface area contributed by atoms with Gasteiger partial charge in [-0.3, -0.25) is 0 Å². The molecule has 0 amide bonds. The van der Waals surface area contributed by atoms with Gasteiger partial charge in [-0.25, -0.2) is 4.39 Å². The van der Waals surface area contributed by atoms with Crippen molar-refractivity contribution in [3.63, 3.8) is 0 Å². The minimum atomic E-state index is -0.293. The minimum absolute atomic E-state index is 0.0472. The first-order valence-corrected chi connectivity index (χ1v) is 7.39. The van der Waals surface area contributed by atoms with Gasteiger partial charge in [-0.05, 0) is 37.0 Å². The summed E-state index contributed by atoms with van der Waals surface area (Å²) in [7, 11) is 0. The maximum atomic E-state index is 13.4. The van der Waals surface area contributed by atoms with Gasteiger partial charge in [0.15, 0.2) is 0 Å². The Bertz CT molecular complexity index is 459. The van der Waals surface area contributed by atoms with Crippen molar-refractivity contribution in [2.24, 2.45) is 0 Å². The number of hydrogen-bond donors (Lipinski definition) is 0. The van der Waals surface area contributed by atoms with Crippen LogP contribution in [0, 0.1) is 5.82 Å². The van der Waals surface area contributed by atoms with Crippen LogP contribution in [-0.4, -0.2) is 18.3 Å². The van der Waals surface area contributed by atoms with Crippen LogP contribution in [-0.2, 0) is 10.6 Å². The fourth-order valence-electron chi connectivity index (χ4n) is 2.96. The molecular weight excluding hydrogens is 267 g/mol. The van der Waals surface area contributed by atoms with Crippen molar-refractivity contribution in [2.45, 2.75) is 49.7 Å². The van der Waals surface area contributed by atoms with Crippen molar-refractivity contribution < 1.29 is 13.9 Å². The highest BCUT2D eigenvalue weighted by atomic mass is 35.5. The molecule has 1 aliphatic heterocycles. The summed E-state index contributed by atoms with van der Waals surface area (Å²) in [6.45, 7) is 0.738. The van der Waals surface area contributed by atoms with Gasteiger partial charge >= 0.3 is 0 Å². The molecule has 0 radical (unpaired) electrons. The van der Waals surface area contributed by atoms with E-state index in [1.165, 1.54) is 18.6 Å². The van der Waals surface area contributed by atoms with Crippen molar-refractivity contribution in [3.8, 4) is 5.75 Å². The fourth-order valence-corrected chi connectivity index (χ4v) is 3.12. The first kappa shape index (κ1) is 13.2. The van der Waals surface area contributed by atoms with Crippen molar-refractivity contribution in [1.29, 1.82) is 0 Å². The molecule has 1 aliphatic carbocycles. The quantitative estimate of drug-likeness (QED) is 0.780. The van der Waals surface area contributed by atoms with E-state index >= 15 is 0 Å². The molecule has 1 spiro atoms. The van der Waals surface area contributed by atoms with E-state index in [-0.39, 0.29) is 17.5 Å². The van der Waals surface area contributed by atoms with E-state index in [0.717, 1.165) is 37.9 Å². The molecule has 2 aliphatic rings. The summed E-state index contributed by atoms with van der Waals surface area (Å²) in [6, 6.07) is 4.69. The molecule has 19 heavy (non-hydrogen) atoms. The Morgan fingerprint density at radius 3 is 2.89 bits per heavy atom. The highest BCUT2D eigenvalue weighted by Gasteiger charge is 2.43. The molecule has 2 fully saturated rings. The van der Waals surface area contributed by atoms with Crippen LogP contribution in [0.1, 0.15) is 37.7 Å². The number of alkyl halides is 1. The Labute approximate surface area is 117 Å². The van der Waals surface area contributed by atoms with E-state index in [9.17, 15) is 4.39 Å². The monoisotopic (exact) mass is 284 g/mol. The highest BCUT2D eigenvalue weighted by Crippen LogP contribution is 2.43. The summed E-state index contributed by atoms with van der Waals surface area (Å²) < 4.78 is 25.2. The molecule has 0 aromatic heterocycles. The summed E-state index contributed by atoms with van der Waals surface area (Å²) in [5.74, 6) is 0.585. The molecule has 1 heterocycles. The van der Waals surface area contributed by atoms with Crippen molar-refractivity contribution in [1.82, 2.24) is 0 Å². The molecule has 0 N–H and O–H groups in total. The third-order valence-electron chi connectivity index (χ3n) is 4.10. The van der Waals surface area contributed by atoms with Gasteiger partial charge in [0.2, 0.25) is 0 Å². The van der Waals surface area contributed by atoms with Crippen LogP contribution in [0.5, 0.6) is 5.75 Å². The van der Waals surface area contributed by atoms with Crippen LogP contribution < -0.4 is 4.74 Å². The summed E-state index contributed by atoms with van der Waals surface area (Å²) >= 11 is 5.75. The van der Waals surface area contributed by atoms with Crippen molar-refractivity contribution in [2.75, 3.05) is 6.61 Å². The summed E-state index contributed by atoms with van der Waals surface area (Å²) in [5, 5.41) is 0. The second-order valence-electron chi connectivity index (χ2n) is 5.55. The molecule has 104 valence electrons. The third-order valence-corrected chi connectivity index (χ3v) is 4.41. The molecule has 1 atom stereocenters. The molecule has 1 saturated carbocycles. The Balaban J connectivity index is 1.68. The topological polar surface area (TPSA) is 18.5 Å². The predicted molar refractivity (Wildman–Crippen MR) is 72.1 cm³/mol. The summed E-state index contributed by atoms with van der Waals surface area (Å²) in [5.41, 5.74) is 0.799. The van der Waals surface area contributed by atoms with Crippen LogP contribution in [0.2, 0.25) is 0 Å². The second-order valence-corrected chi connectivity index (χ2v) is 5.81. The molecule has 2 nitrogen and oxygen atoms in total. The fraction of sp³-hybridized carbons (Fsp3) is 0.600. The largest absolute Gasteiger partial charge is 0.490 e. The zero-order valence-corrected chi connectivity index (χ0v) is 11.6. The van der Waals surface area contributed by atoms with Gasteiger partial charge in [0.05, 0.1) is 12.2 Å². The van der Waals surface area contributed by atoms with Crippen molar-refractivity contribution >= 4 is 11.6 Å². The van der Waals surface area contributed by atoms with Gasteiger partial charge in [0.25, 0.3) is 0 Å². The Hall–Kier alpha value is -0.800. The van der Waals surface area contributed by atoms with Gasteiger partial charge in [0.1, 0.15) is 17.7 Å². The lowest BCUT2D eigenvalue weighted by molar-refractivity contribution is -0.153. The lowest BCUT2D eigenvalue weighted by Crippen LogP contribution is -2.48. The van der Waals surface area contributed by atoms with E-state index in [1.54, 1.807) is 0 Å². The van der Waals surface area contributed by atoms with Crippen LogP contribution in [0.4, 0.5) is 4.39 Å². The highest BCUT2D eigenvalue weighted by molar-refractivity contribution is 6.17. The lowest BCUT2D eigenvalue weighted by Gasteiger charge is -2.46. The molecule has 1 saturated heterocycles. The zero-order chi connectivity index (χ0) is 13.3. The lowest BCUT2D eigenvalue weighted by atomic mass is 9.74. The van der Waals surface area contributed by atoms with Gasteiger partial charge in [-0.2, -0.15) is 0 Å². The molecule has 1 unspecified atom stereocenters. The molecular formula is C15H18ClFO2. The number of ether oxygens (including phenoxy) is 2. The SMILES string of the molecule is Fc1cc(CCl)cc(OC2CCOC3(CCC3)C2)c1. The van der Waals surface area contributed by atoms with Gasteiger partial charge < -0.3 is 9.47 Å². The number of benzene rings is 1. The minimum Gasteiger partial charge on any atom is -0.490 e. The van der Waals surface area contributed by atoms with Crippen LogP contribution in [0.25, 0.3) is 0 Å². The average Bonchev–Trinajstić information content (AvgIpc) is 2.36. The Morgan fingerprint density at radius 1 is 1.37 bits per heavy atom. The molecule has 1 aromatic rings. The first-order chi connectivity index (χ1) is 9.19. The Morgan fingerprint density at radius 2 is 2.21 bits per heavy atom. The molecule has 3 rings (SSSR count). The normalized spacial score (nSPS) is 25.1. The van der Waals surface area contributed by atoms with E-state index in [0.29, 0.717) is 11.6 Å². The zero-order valence-electron chi connectivity index (χ0n) is 10.8. The van der Waals surface area contributed by atoms with E-state index in [1.807, 2.05) is 6.07 Å². The van der Waals surface area contributed by atoms with Crippen LogP contribution in [0.15, 0.2) is 18.2 Å². The number of hydrogen-bond acceptors (Lipinski definition) is 2. The Kier molecular flexibility index (Phi) is 3.68. The van der Waals surface area contributed by atoms with E-state index < -0.39 is 0 Å². The van der Waals surface area contributed by atoms with E-state index in [4.69, 9.17) is 21.1 Å². The molecule has 4 heteroatoms. The predicted octanol–water partition coefficient (Wildman–Crippen LogP) is 4.05. The number of halogens is 2. The van der Waals surface area contributed by atoms with Gasteiger partial charge in [-0.15, -0.1) is 11.6 Å². The van der Waals surface area contributed by atoms with Crippen LogP contribution >= 0.6 is 11.6 Å². The van der Waals surface area contributed by atoms with Gasteiger partial charge in [-0.1, -0.05) is 0 Å². The third kappa shape index (κ3) is 2.87. The molecule has 0 bridgehead atoms. The van der Waals surface area contributed by atoms with E-state index in [2.05, 4.69) is 0 Å². The maximum absolute atomic E-state index is 13.4. The number of rotatable bonds is 3. The summed E-state index contributed by atoms with van der Waals surface area (Å²) in [6.07, 6.45) is 5.41. The summed E-state index contributed by atoms with van der Waals surface area (Å²) in [4.78, 5) is 0. The van der Waals surface area contributed by atoms with Gasteiger partial charge in [0, 0.05) is 24.8 Å². The van der Waals surface area contributed by atoms with Crippen LogP contribution in [0.3, 0.4) is 0 Å². The molecule has 1 aromatic carbocycles. The standard InChI is InChI=1S/C15H18ClFO2/c16-10-11-6-12(17)8-14(7-11)19-13-2-5-18-15(9-13)3-1-4-15/h6-8,13H,1-5,9-10H2.